The largest absolute Gasteiger partial charge is 0.314 e. The van der Waals surface area contributed by atoms with Gasteiger partial charge in [0.05, 0.1) is 0 Å². The molecule has 0 aromatic carbocycles. The van der Waals surface area contributed by atoms with Gasteiger partial charge in [-0.05, 0) is 49.9 Å². The van der Waals surface area contributed by atoms with E-state index < -0.39 is 0 Å². The molecule has 0 amide bonds. The second kappa shape index (κ2) is 7.01. The van der Waals surface area contributed by atoms with Crippen LogP contribution in [0.2, 0.25) is 0 Å². The van der Waals surface area contributed by atoms with E-state index in [1.807, 2.05) is 0 Å². The Hall–Kier alpha value is 0.270. The normalized spacial score (nSPS) is 26.6. The number of hydrogen-bond donors (Lipinski definition) is 1. The first-order valence-corrected chi connectivity index (χ1v) is 8.36. The Morgan fingerprint density at radius 3 is 2.82 bits per heavy atom. The van der Waals surface area contributed by atoms with Crippen LogP contribution < -0.4 is 5.32 Å². The minimum absolute atomic E-state index is 0.784. The van der Waals surface area contributed by atoms with E-state index >= 15 is 0 Å². The maximum Gasteiger partial charge on any atom is 0.00726 e. The van der Waals surface area contributed by atoms with E-state index in [1.165, 1.54) is 57.6 Å². The van der Waals surface area contributed by atoms with Gasteiger partial charge in [-0.15, -0.1) is 0 Å². The monoisotopic (exact) mass is 256 g/mol. The Kier molecular flexibility index (Phi) is 5.64. The number of nitrogens with zero attached hydrogens (tertiary/aromatic N) is 1. The minimum Gasteiger partial charge on any atom is -0.314 e. The van der Waals surface area contributed by atoms with Gasteiger partial charge in [0.15, 0.2) is 0 Å². The molecule has 2 fully saturated rings. The second-order valence-electron chi connectivity index (χ2n) is 5.91. The van der Waals surface area contributed by atoms with Crippen molar-refractivity contribution in [2.75, 3.05) is 31.9 Å². The summed E-state index contributed by atoms with van der Waals surface area (Å²) in [6.07, 6.45) is 5.68. The summed E-state index contributed by atoms with van der Waals surface area (Å²) in [5.74, 6) is 2.22. The molecule has 2 rings (SSSR count). The van der Waals surface area contributed by atoms with E-state index in [2.05, 4.69) is 35.8 Å². The summed E-state index contributed by atoms with van der Waals surface area (Å²) in [6.45, 7) is 9.81. The first kappa shape index (κ1) is 13.7. The third kappa shape index (κ3) is 5.62. The van der Waals surface area contributed by atoms with Crippen LogP contribution in [0.25, 0.3) is 0 Å². The van der Waals surface area contributed by atoms with Gasteiger partial charge in [0.1, 0.15) is 0 Å². The first-order chi connectivity index (χ1) is 8.24. The van der Waals surface area contributed by atoms with Gasteiger partial charge in [0, 0.05) is 24.9 Å². The van der Waals surface area contributed by atoms with E-state index in [-0.39, 0.29) is 0 Å². The van der Waals surface area contributed by atoms with Crippen molar-refractivity contribution in [1.29, 1.82) is 0 Å². The predicted molar refractivity (Wildman–Crippen MR) is 77.8 cm³/mol. The van der Waals surface area contributed by atoms with Crippen molar-refractivity contribution in [3.05, 3.63) is 0 Å². The van der Waals surface area contributed by atoms with Crippen LogP contribution in [0.15, 0.2) is 0 Å². The quantitative estimate of drug-likeness (QED) is 0.754. The second-order valence-corrected chi connectivity index (χ2v) is 7.60. The highest BCUT2D eigenvalue weighted by atomic mass is 32.2. The van der Waals surface area contributed by atoms with Crippen LogP contribution in [0.5, 0.6) is 0 Å². The molecule has 0 bridgehead atoms. The number of thioether (sulfide) groups is 1. The molecule has 1 unspecified atom stereocenters. The van der Waals surface area contributed by atoms with E-state index in [4.69, 9.17) is 0 Å². The Morgan fingerprint density at radius 2 is 2.12 bits per heavy atom. The maximum absolute atomic E-state index is 3.69. The van der Waals surface area contributed by atoms with Crippen molar-refractivity contribution in [2.24, 2.45) is 5.92 Å². The summed E-state index contributed by atoms with van der Waals surface area (Å²) in [5, 5.41) is 4.47. The van der Waals surface area contributed by atoms with Gasteiger partial charge in [-0.25, -0.2) is 0 Å². The molecule has 3 heteroatoms. The van der Waals surface area contributed by atoms with Crippen LogP contribution >= 0.6 is 11.8 Å². The molecule has 0 spiro atoms. The van der Waals surface area contributed by atoms with Gasteiger partial charge in [-0.2, -0.15) is 11.8 Å². The fraction of sp³-hybridized carbons (Fsp3) is 1.00. The average Bonchev–Trinajstić information content (AvgIpc) is 3.10. The molecule has 17 heavy (non-hydrogen) atoms. The third-order valence-electron chi connectivity index (χ3n) is 3.73. The van der Waals surface area contributed by atoms with Gasteiger partial charge < -0.3 is 10.2 Å². The van der Waals surface area contributed by atoms with E-state index in [9.17, 15) is 0 Å². The van der Waals surface area contributed by atoms with Crippen molar-refractivity contribution < 1.29 is 0 Å². The topological polar surface area (TPSA) is 15.3 Å². The van der Waals surface area contributed by atoms with Crippen molar-refractivity contribution in [2.45, 2.75) is 50.8 Å². The maximum atomic E-state index is 3.69. The Balaban J connectivity index is 1.58. The molecular weight excluding hydrogens is 228 g/mol. The van der Waals surface area contributed by atoms with Crippen LogP contribution in [-0.2, 0) is 0 Å². The fourth-order valence-corrected chi connectivity index (χ4v) is 3.39. The standard InChI is InChI=1S/C14H28N2S/c1-12(2)17-9-8-16-7-3-4-13(11-16)10-15-14-5-6-14/h12-15H,3-11H2,1-2H3. The summed E-state index contributed by atoms with van der Waals surface area (Å²) in [6, 6.07) is 0.877. The molecule has 1 heterocycles. The van der Waals surface area contributed by atoms with Crippen molar-refractivity contribution >= 4 is 11.8 Å². The Morgan fingerprint density at radius 1 is 1.29 bits per heavy atom. The number of hydrogen-bond acceptors (Lipinski definition) is 3. The zero-order chi connectivity index (χ0) is 12.1. The lowest BCUT2D eigenvalue weighted by molar-refractivity contribution is 0.181. The lowest BCUT2D eigenvalue weighted by Crippen LogP contribution is -2.41. The van der Waals surface area contributed by atoms with Crippen LogP contribution in [0.3, 0.4) is 0 Å². The lowest BCUT2D eigenvalue weighted by Gasteiger charge is -2.33. The molecule has 2 nitrogen and oxygen atoms in total. The highest BCUT2D eigenvalue weighted by Gasteiger charge is 2.24. The van der Waals surface area contributed by atoms with Crippen LogP contribution in [0.4, 0.5) is 0 Å². The molecule has 1 aliphatic carbocycles. The molecular formula is C14H28N2S. The SMILES string of the molecule is CC(C)SCCN1CCCC(CNC2CC2)C1. The third-order valence-corrected chi connectivity index (χ3v) is 4.82. The van der Waals surface area contributed by atoms with Gasteiger partial charge in [0.2, 0.25) is 0 Å². The number of likely N-dealkylation sites (tertiary alicyclic amines) is 1. The summed E-state index contributed by atoms with van der Waals surface area (Å²) in [5.41, 5.74) is 0. The number of rotatable bonds is 7. The smallest absolute Gasteiger partial charge is 0.00726 e. The highest BCUT2D eigenvalue weighted by Crippen LogP contribution is 2.21. The van der Waals surface area contributed by atoms with Gasteiger partial charge in [-0.1, -0.05) is 13.8 Å². The molecule has 1 saturated heterocycles. The minimum atomic E-state index is 0.784. The van der Waals surface area contributed by atoms with Crippen LogP contribution in [0, 0.1) is 5.92 Å². The van der Waals surface area contributed by atoms with Crippen molar-refractivity contribution in [3.63, 3.8) is 0 Å². The van der Waals surface area contributed by atoms with Gasteiger partial charge in [-0.3, -0.25) is 0 Å². The van der Waals surface area contributed by atoms with Crippen LogP contribution in [0.1, 0.15) is 39.5 Å². The van der Waals surface area contributed by atoms with Gasteiger partial charge >= 0.3 is 0 Å². The van der Waals surface area contributed by atoms with Crippen molar-refractivity contribution in [3.8, 4) is 0 Å². The summed E-state index contributed by atoms with van der Waals surface area (Å²) < 4.78 is 0. The number of nitrogens with one attached hydrogen (secondary N) is 1. The lowest BCUT2D eigenvalue weighted by atomic mass is 9.98. The molecule has 1 N–H and O–H groups in total. The Bertz CT molecular complexity index is 216. The van der Waals surface area contributed by atoms with E-state index in [0.717, 1.165) is 17.2 Å². The zero-order valence-corrected chi connectivity index (χ0v) is 12.3. The summed E-state index contributed by atoms with van der Waals surface area (Å²) >= 11 is 2.10. The molecule has 100 valence electrons. The summed E-state index contributed by atoms with van der Waals surface area (Å²) in [4.78, 5) is 2.68. The molecule has 0 aromatic heterocycles. The Labute approximate surface area is 111 Å². The number of piperidine rings is 1. The molecule has 1 aliphatic heterocycles. The highest BCUT2D eigenvalue weighted by molar-refractivity contribution is 7.99. The van der Waals surface area contributed by atoms with E-state index in [0.29, 0.717) is 0 Å². The molecule has 0 radical (unpaired) electrons. The van der Waals surface area contributed by atoms with Gasteiger partial charge in [0.25, 0.3) is 0 Å². The first-order valence-electron chi connectivity index (χ1n) is 7.31. The molecule has 2 aliphatic rings. The average molecular weight is 256 g/mol. The van der Waals surface area contributed by atoms with Crippen molar-refractivity contribution in [1.82, 2.24) is 10.2 Å². The molecule has 1 atom stereocenters. The van der Waals surface area contributed by atoms with E-state index in [1.54, 1.807) is 0 Å². The molecule has 1 saturated carbocycles. The molecule has 0 aromatic rings. The van der Waals surface area contributed by atoms with Crippen LogP contribution in [-0.4, -0.2) is 48.1 Å². The zero-order valence-electron chi connectivity index (χ0n) is 11.5. The summed E-state index contributed by atoms with van der Waals surface area (Å²) in [7, 11) is 0. The predicted octanol–water partition coefficient (Wildman–Crippen LogP) is 2.59. The fourth-order valence-electron chi connectivity index (χ4n) is 2.56.